The Morgan fingerprint density at radius 2 is 0.778 bits per heavy atom. The second kappa shape index (κ2) is 11.9. The summed E-state index contributed by atoms with van der Waals surface area (Å²) in [5.41, 5.74) is 0. The third-order valence-electron chi connectivity index (χ3n) is 0.500. The van der Waals surface area contributed by atoms with E-state index >= 15 is 0 Å². The van der Waals surface area contributed by atoms with E-state index in [1.165, 1.54) is 26.2 Å². The molecule has 0 unspecified atom stereocenters. The van der Waals surface area contributed by atoms with Crippen molar-refractivity contribution in [3.05, 3.63) is 0 Å². The topological polar surface area (TPSA) is 43.9 Å². The second-order valence-electron chi connectivity index (χ2n) is 1.50. The van der Waals surface area contributed by atoms with Crippen molar-refractivity contribution in [2.75, 3.05) is 26.2 Å². The molecule has 0 atom stereocenters. The van der Waals surface area contributed by atoms with Crippen LogP contribution in [0.1, 0.15) is 0 Å². The quantitative estimate of drug-likeness (QED) is 0.426. The predicted molar refractivity (Wildman–Crippen MR) is 25.7 cm³/mol. The van der Waals surface area contributed by atoms with E-state index in [1.807, 2.05) is 0 Å². The van der Waals surface area contributed by atoms with Crippen LogP contribution in [0.4, 0.5) is 0 Å². The summed E-state index contributed by atoms with van der Waals surface area (Å²) in [4.78, 5) is 0. The zero-order chi connectivity index (χ0) is 4.24. The molecule has 60 valence electrons. The summed E-state index contributed by atoms with van der Waals surface area (Å²) in [6.07, 6.45) is 0. The Morgan fingerprint density at radius 3 is 0.778 bits per heavy atom. The minimum Gasteiger partial charge on any atom is -1.00 e. The fraction of sp³-hybridized carbons (Fsp3) is 1.00. The van der Waals surface area contributed by atoms with Gasteiger partial charge in [-0.1, -0.05) is 0 Å². The first kappa shape index (κ1) is 16.6. The van der Waals surface area contributed by atoms with E-state index in [4.69, 9.17) is 0 Å². The maximum atomic E-state index is 3.00. The Bertz CT molecular complexity index is 32.0. The summed E-state index contributed by atoms with van der Waals surface area (Å²) in [5, 5.41) is 6.00. The van der Waals surface area contributed by atoms with E-state index in [0.717, 1.165) is 0 Å². The molecule has 0 spiro atoms. The molecular formula is C4H10Cl2N2Pt. The Balaban J connectivity index is -0.0000000600. The molecule has 2 aliphatic heterocycles. The van der Waals surface area contributed by atoms with Crippen LogP contribution in [0, 0.1) is 0 Å². The molecule has 2 fully saturated rings. The monoisotopic (exact) mass is 351 g/mol. The summed E-state index contributed by atoms with van der Waals surface area (Å²) in [6.45, 7) is 5.00. The summed E-state index contributed by atoms with van der Waals surface area (Å²) >= 11 is 0. The van der Waals surface area contributed by atoms with E-state index in [2.05, 4.69) is 10.6 Å². The van der Waals surface area contributed by atoms with Gasteiger partial charge in [0, 0.05) is 26.2 Å². The summed E-state index contributed by atoms with van der Waals surface area (Å²) in [5.74, 6) is 0. The smallest absolute Gasteiger partial charge is 1.00 e. The molecule has 2 aliphatic rings. The molecule has 0 aliphatic carbocycles. The van der Waals surface area contributed by atoms with Gasteiger partial charge >= 0.3 is 21.1 Å². The Kier molecular flexibility index (Phi) is 22.1. The molecule has 0 amide bonds. The minimum absolute atomic E-state index is 0. The van der Waals surface area contributed by atoms with Crippen molar-refractivity contribution in [3.63, 3.8) is 0 Å². The molecule has 0 saturated carbocycles. The molecule has 2 saturated heterocycles. The van der Waals surface area contributed by atoms with Crippen LogP contribution in [0.15, 0.2) is 0 Å². The maximum Gasteiger partial charge on any atom is 2.00 e. The van der Waals surface area contributed by atoms with Crippen molar-refractivity contribution in [1.82, 2.24) is 10.6 Å². The van der Waals surface area contributed by atoms with E-state index in [9.17, 15) is 0 Å². The molecule has 0 aromatic carbocycles. The summed E-state index contributed by atoms with van der Waals surface area (Å²) in [7, 11) is 0. The van der Waals surface area contributed by atoms with Gasteiger partial charge in [0.25, 0.3) is 0 Å². The van der Waals surface area contributed by atoms with E-state index in [1.54, 1.807) is 0 Å². The number of rotatable bonds is 0. The molecule has 2 heterocycles. The van der Waals surface area contributed by atoms with Gasteiger partial charge in [0.15, 0.2) is 0 Å². The van der Waals surface area contributed by atoms with Crippen molar-refractivity contribution < 1.29 is 45.9 Å². The average molecular weight is 352 g/mol. The van der Waals surface area contributed by atoms with Crippen LogP contribution in [0.25, 0.3) is 0 Å². The molecule has 9 heavy (non-hydrogen) atoms. The first-order valence-electron chi connectivity index (χ1n) is 2.41. The van der Waals surface area contributed by atoms with E-state index in [0.29, 0.717) is 0 Å². The predicted octanol–water partition coefficient (Wildman–Crippen LogP) is -6.82. The van der Waals surface area contributed by atoms with Crippen LogP contribution in [0.5, 0.6) is 0 Å². The standard InChI is InChI=1S/2C2H5N.2ClH.Pt/c2*1-2-3-1;;;/h2*3H,1-2H2;2*1H;/q;;;;+2/p-2. The van der Waals surface area contributed by atoms with Crippen molar-refractivity contribution in [2.24, 2.45) is 0 Å². The first-order valence-corrected chi connectivity index (χ1v) is 2.41. The molecule has 2 N–H and O–H groups in total. The largest absolute Gasteiger partial charge is 2.00 e. The molecule has 0 aromatic rings. The zero-order valence-electron chi connectivity index (χ0n) is 4.90. The van der Waals surface area contributed by atoms with Crippen LogP contribution in [0.3, 0.4) is 0 Å². The van der Waals surface area contributed by atoms with Crippen molar-refractivity contribution in [1.29, 1.82) is 0 Å². The summed E-state index contributed by atoms with van der Waals surface area (Å²) < 4.78 is 0. The number of halogens is 2. The molecule has 0 radical (unpaired) electrons. The van der Waals surface area contributed by atoms with Crippen molar-refractivity contribution in [2.45, 2.75) is 0 Å². The normalized spacial score (nSPS) is 16.0. The third-order valence-corrected chi connectivity index (χ3v) is 0.500. The van der Waals surface area contributed by atoms with Crippen LogP contribution in [-0.2, 0) is 21.1 Å². The van der Waals surface area contributed by atoms with Gasteiger partial charge in [-0.15, -0.1) is 0 Å². The van der Waals surface area contributed by atoms with Crippen LogP contribution in [0.2, 0.25) is 0 Å². The summed E-state index contributed by atoms with van der Waals surface area (Å²) in [6, 6.07) is 0. The fourth-order valence-corrected chi connectivity index (χ4v) is 0. The van der Waals surface area contributed by atoms with Crippen LogP contribution in [-0.4, -0.2) is 26.2 Å². The molecular weight excluding hydrogens is 342 g/mol. The van der Waals surface area contributed by atoms with Gasteiger partial charge in [0.05, 0.1) is 0 Å². The van der Waals surface area contributed by atoms with Gasteiger partial charge in [-0.3, -0.25) is 0 Å². The first-order chi connectivity index (χ1) is 3.00. The molecule has 2 nitrogen and oxygen atoms in total. The minimum atomic E-state index is 0. The van der Waals surface area contributed by atoms with Gasteiger partial charge in [0.1, 0.15) is 0 Å². The molecule has 0 bridgehead atoms. The van der Waals surface area contributed by atoms with Crippen molar-refractivity contribution >= 4 is 0 Å². The molecule has 0 aromatic heterocycles. The van der Waals surface area contributed by atoms with Crippen LogP contribution >= 0.6 is 0 Å². The number of nitrogens with one attached hydrogen (secondary N) is 2. The van der Waals surface area contributed by atoms with E-state index < -0.39 is 0 Å². The molecule has 5 heteroatoms. The third kappa shape index (κ3) is 46.7. The Morgan fingerprint density at radius 1 is 0.667 bits per heavy atom. The van der Waals surface area contributed by atoms with Gasteiger partial charge in [-0.2, -0.15) is 0 Å². The van der Waals surface area contributed by atoms with Gasteiger partial charge in [0.2, 0.25) is 0 Å². The number of hydrogen-bond acceptors (Lipinski definition) is 2. The number of hydrogen-bond donors (Lipinski definition) is 2. The maximum absolute atomic E-state index is 3.00. The van der Waals surface area contributed by atoms with Gasteiger partial charge in [-0.25, -0.2) is 0 Å². The van der Waals surface area contributed by atoms with Crippen molar-refractivity contribution in [3.8, 4) is 0 Å². The molecule has 2 rings (SSSR count). The van der Waals surface area contributed by atoms with Crippen LogP contribution < -0.4 is 35.4 Å². The zero-order valence-corrected chi connectivity index (χ0v) is 8.68. The Hall–Kier alpha value is 1.19. The van der Waals surface area contributed by atoms with Gasteiger partial charge in [-0.05, 0) is 0 Å². The van der Waals surface area contributed by atoms with Gasteiger partial charge < -0.3 is 35.4 Å². The Labute approximate surface area is 82.6 Å². The average Bonchev–Trinajstić information content (AvgIpc) is 2.31. The van der Waals surface area contributed by atoms with E-state index in [-0.39, 0.29) is 45.9 Å². The SMILES string of the molecule is C1CN1.C1CN1.[Cl-].[Cl-].[Pt+2]. The fourth-order valence-electron chi connectivity index (χ4n) is 0. The second-order valence-corrected chi connectivity index (χ2v) is 1.50.